The number of carbonyl (C=O) groups excluding carboxylic acids is 2. The number of aliphatic hydroxyl groups excluding tert-OH is 1. The molecule has 2 heterocycles. The molecule has 6 heteroatoms. The molecule has 0 aromatic heterocycles. The Morgan fingerprint density at radius 1 is 1.09 bits per heavy atom. The van der Waals surface area contributed by atoms with Gasteiger partial charge in [0.2, 0.25) is 0 Å². The van der Waals surface area contributed by atoms with Crippen LogP contribution in [0.5, 0.6) is 5.75 Å². The molecule has 0 bridgehead atoms. The molecule has 0 spiro atoms. The van der Waals surface area contributed by atoms with E-state index in [1.54, 1.807) is 29.2 Å². The number of ketones is 1. The number of aliphatic hydroxyl groups is 1. The van der Waals surface area contributed by atoms with Gasteiger partial charge in [0.25, 0.3) is 11.7 Å². The van der Waals surface area contributed by atoms with E-state index < -0.39 is 17.7 Å². The normalized spacial score (nSPS) is 22.3. The van der Waals surface area contributed by atoms with Crippen LogP contribution in [0.25, 0.3) is 16.5 Å². The van der Waals surface area contributed by atoms with Crippen molar-refractivity contribution in [2.24, 2.45) is 0 Å². The van der Waals surface area contributed by atoms with Crippen LogP contribution in [-0.4, -0.2) is 48.1 Å². The number of amides is 1. The molecule has 0 radical (unpaired) electrons. The highest BCUT2D eigenvalue weighted by atomic mass is 16.5. The molecule has 2 unspecified atom stereocenters. The fourth-order valence-electron chi connectivity index (χ4n) is 4.81. The molecule has 1 N–H and O–H groups in total. The molecule has 3 aromatic rings. The predicted molar refractivity (Wildman–Crippen MR) is 125 cm³/mol. The Bertz CT molecular complexity index is 1250. The average Bonchev–Trinajstić information content (AvgIpc) is 3.46. The van der Waals surface area contributed by atoms with Crippen molar-refractivity contribution >= 4 is 28.2 Å². The maximum atomic E-state index is 13.3. The predicted octanol–water partition coefficient (Wildman–Crippen LogP) is 4.45. The lowest BCUT2D eigenvalue weighted by Gasteiger charge is -2.28. The summed E-state index contributed by atoms with van der Waals surface area (Å²) in [6.07, 6.45) is 1.64. The number of hydrogen-bond acceptors (Lipinski definition) is 5. The summed E-state index contributed by atoms with van der Waals surface area (Å²) in [6, 6.07) is 19.8. The third-order valence-corrected chi connectivity index (χ3v) is 6.43. The first-order valence-electron chi connectivity index (χ1n) is 11.1. The number of carbonyl (C=O) groups is 2. The second-order valence-corrected chi connectivity index (χ2v) is 8.39. The number of likely N-dealkylation sites (tertiary alicyclic amines) is 1. The minimum Gasteiger partial charge on any atom is -0.507 e. The molecule has 5 rings (SSSR count). The molecule has 33 heavy (non-hydrogen) atoms. The van der Waals surface area contributed by atoms with Gasteiger partial charge in [-0.25, -0.2) is 0 Å². The quantitative estimate of drug-likeness (QED) is 0.358. The van der Waals surface area contributed by atoms with E-state index in [0.717, 1.165) is 29.2 Å². The Labute approximate surface area is 192 Å². The number of fused-ring (bicyclic) bond motifs is 1. The van der Waals surface area contributed by atoms with E-state index in [-0.39, 0.29) is 17.4 Å². The minimum absolute atomic E-state index is 0.0857. The van der Waals surface area contributed by atoms with E-state index in [0.29, 0.717) is 24.5 Å². The van der Waals surface area contributed by atoms with Gasteiger partial charge in [-0.3, -0.25) is 9.59 Å². The number of hydrogen-bond donors (Lipinski definition) is 1. The third-order valence-electron chi connectivity index (χ3n) is 6.43. The first-order chi connectivity index (χ1) is 16.1. The van der Waals surface area contributed by atoms with Gasteiger partial charge < -0.3 is 19.5 Å². The van der Waals surface area contributed by atoms with Gasteiger partial charge in [-0.1, -0.05) is 54.6 Å². The van der Waals surface area contributed by atoms with Crippen molar-refractivity contribution < 1.29 is 24.2 Å². The monoisotopic (exact) mass is 443 g/mol. The molecule has 2 fully saturated rings. The second-order valence-electron chi connectivity index (χ2n) is 8.39. The summed E-state index contributed by atoms with van der Waals surface area (Å²) in [5.74, 6) is -0.964. The van der Waals surface area contributed by atoms with Gasteiger partial charge in [0.05, 0.1) is 24.8 Å². The smallest absolute Gasteiger partial charge is 0.295 e. The van der Waals surface area contributed by atoms with Crippen molar-refractivity contribution in [3.8, 4) is 5.75 Å². The number of benzene rings is 3. The minimum atomic E-state index is -0.716. The van der Waals surface area contributed by atoms with E-state index in [2.05, 4.69) is 0 Å². The highest BCUT2D eigenvalue weighted by molar-refractivity contribution is 6.46. The lowest BCUT2D eigenvalue weighted by Crippen LogP contribution is -2.36. The number of ether oxygens (including phenoxy) is 2. The summed E-state index contributed by atoms with van der Waals surface area (Å²) in [5.41, 5.74) is 1.31. The van der Waals surface area contributed by atoms with E-state index in [4.69, 9.17) is 9.47 Å². The Kier molecular flexibility index (Phi) is 5.60. The Morgan fingerprint density at radius 3 is 2.67 bits per heavy atom. The molecule has 2 aliphatic rings. The first-order valence-corrected chi connectivity index (χ1v) is 11.1. The van der Waals surface area contributed by atoms with Crippen LogP contribution in [0.3, 0.4) is 0 Å². The van der Waals surface area contributed by atoms with Crippen LogP contribution in [0.2, 0.25) is 0 Å². The Hall–Kier alpha value is -3.64. The largest absolute Gasteiger partial charge is 0.507 e. The van der Waals surface area contributed by atoms with Crippen molar-refractivity contribution in [3.63, 3.8) is 0 Å². The van der Waals surface area contributed by atoms with Crippen LogP contribution in [0.1, 0.15) is 30.0 Å². The summed E-state index contributed by atoms with van der Waals surface area (Å²) >= 11 is 0. The van der Waals surface area contributed by atoms with Crippen LogP contribution in [0.15, 0.2) is 72.3 Å². The number of rotatable bonds is 5. The van der Waals surface area contributed by atoms with Gasteiger partial charge in [0, 0.05) is 18.7 Å². The topological polar surface area (TPSA) is 76.1 Å². The van der Waals surface area contributed by atoms with Gasteiger partial charge >= 0.3 is 0 Å². The Balaban J connectivity index is 1.70. The maximum absolute atomic E-state index is 13.3. The molecule has 2 atom stereocenters. The van der Waals surface area contributed by atoms with Gasteiger partial charge in [-0.2, -0.15) is 0 Å². The summed E-state index contributed by atoms with van der Waals surface area (Å²) < 4.78 is 11.1. The van der Waals surface area contributed by atoms with Crippen LogP contribution in [0, 0.1) is 0 Å². The molecule has 1 amide bonds. The molecular formula is C27H25NO5. The molecular weight excluding hydrogens is 418 g/mol. The molecule has 168 valence electrons. The zero-order valence-corrected chi connectivity index (χ0v) is 18.4. The van der Waals surface area contributed by atoms with Crippen molar-refractivity contribution in [2.45, 2.75) is 25.0 Å². The van der Waals surface area contributed by atoms with Gasteiger partial charge in [-0.05, 0) is 41.3 Å². The fraction of sp³-hybridized carbons (Fsp3) is 0.259. The molecule has 2 aliphatic heterocycles. The van der Waals surface area contributed by atoms with Gasteiger partial charge in [0.1, 0.15) is 11.5 Å². The lowest BCUT2D eigenvalue weighted by atomic mass is 9.91. The number of methoxy groups -OCH3 is 1. The maximum Gasteiger partial charge on any atom is 0.295 e. The van der Waals surface area contributed by atoms with Crippen molar-refractivity contribution in [3.05, 3.63) is 83.4 Å². The standard InChI is InChI=1S/C27H25NO5/c1-32-19-10-4-9-18(15-19)25(29)23-24(22-13-5-8-17-7-2-3-12-21(17)22)28(27(31)26(23)30)16-20-11-6-14-33-20/h2-5,7-10,12-13,15,20,24,29H,6,11,14,16H2,1H3/b25-23-. The van der Waals surface area contributed by atoms with E-state index in [1.165, 1.54) is 7.11 Å². The van der Waals surface area contributed by atoms with Crippen LogP contribution < -0.4 is 4.74 Å². The van der Waals surface area contributed by atoms with Gasteiger partial charge in [-0.15, -0.1) is 0 Å². The zero-order chi connectivity index (χ0) is 22.9. The van der Waals surface area contributed by atoms with E-state index in [1.807, 2.05) is 42.5 Å². The number of Topliss-reactive ketones (excluding diaryl/α,β-unsaturated/α-hetero) is 1. The molecule has 2 saturated heterocycles. The molecule has 6 nitrogen and oxygen atoms in total. The average molecular weight is 443 g/mol. The van der Waals surface area contributed by atoms with Gasteiger partial charge in [0.15, 0.2) is 0 Å². The van der Waals surface area contributed by atoms with Crippen LogP contribution >= 0.6 is 0 Å². The van der Waals surface area contributed by atoms with Crippen LogP contribution in [-0.2, 0) is 14.3 Å². The van der Waals surface area contributed by atoms with Crippen molar-refractivity contribution in [1.82, 2.24) is 4.90 Å². The first kappa shape index (κ1) is 21.2. The molecule has 0 saturated carbocycles. The molecule has 3 aromatic carbocycles. The summed E-state index contributed by atoms with van der Waals surface area (Å²) in [6.45, 7) is 0.949. The van der Waals surface area contributed by atoms with E-state index >= 15 is 0 Å². The third kappa shape index (κ3) is 3.76. The SMILES string of the molecule is COc1cccc(/C(O)=C2/C(=O)C(=O)N(CC3CCCO3)C2c2cccc3ccccc23)c1. The summed E-state index contributed by atoms with van der Waals surface area (Å²) in [7, 11) is 1.54. The van der Waals surface area contributed by atoms with E-state index in [9.17, 15) is 14.7 Å². The van der Waals surface area contributed by atoms with Crippen molar-refractivity contribution in [1.29, 1.82) is 0 Å². The summed E-state index contributed by atoms with van der Waals surface area (Å²) in [5, 5.41) is 13.2. The fourth-order valence-corrected chi connectivity index (χ4v) is 4.81. The highest BCUT2D eigenvalue weighted by Gasteiger charge is 2.47. The Morgan fingerprint density at radius 2 is 1.88 bits per heavy atom. The lowest BCUT2D eigenvalue weighted by molar-refractivity contribution is -0.140. The van der Waals surface area contributed by atoms with Crippen LogP contribution in [0.4, 0.5) is 0 Å². The zero-order valence-electron chi connectivity index (χ0n) is 18.4. The molecule has 0 aliphatic carbocycles. The second kappa shape index (κ2) is 8.71. The van der Waals surface area contributed by atoms with Crippen molar-refractivity contribution in [2.75, 3.05) is 20.3 Å². The summed E-state index contributed by atoms with van der Waals surface area (Å²) in [4.78, 5) is 28.1. The number of nitrogens with zero attached hydrogens (tertiary/aromatic N) is 1. The highest BCUT2D eigenvalue weighted by Crippen LogP contribution is 2.42.